The average Bonchev–Trinajstić information content (AvgIpc) is 2.28. The van der Waals surface area contributed by atoms with E-state index in [2.05, 4.69) is 36.2 Å². The van der Waals surface area contributed by atoms with Crippen LogP contribution in [0.4, 0.5) is 5.69 Å². The lowest BCUT2D eigenvalue weighted by Gasteiger charge is -2.08. The number of pyridine rings is 1. The Morgan fingerprint density at radius 2 is 2.00 bits per heavy atom. The highest BCUT2D eigenvalue weighted by Gasteiger charge is 2.01. The number of aryl methyl sites for hydroxylation is 2. The summed E-state index contributed by atoms with van der Waals surface area (Å²) >= 11 is 3.34. The van der Waals surface area contributed by atoms with Crippen molar-refractivity contribution in [2.24, 2.45) is 0 Å². The van der Waals surface area contributed by atoms with E-state index in [1.54, 1.807) is 6.20 Å². The number of halogens is 1. The monoisotopic (exact) mass is 292 g/mol. The molecule has 4 nitrogen and oxygen atoms in total. The largest absolute Gasteiger partial charge is 0.378 e. The molecule has 2 aromatic heterocycles. The molecule has 0 aliphatic rings. The predicted octanol–water partition coefficient (Wildman–Crippen LogP) is 2.86. The van der Waals surface area contributed by atoms with Gasteiger partial charge < -0.3 is 5.32 Å². The normalized spacial score (nSPS) is 10.3. The van der Waals surface area contributed by atoms with Gasteiger partial charge in [0.1, 0.15) is 10.4 Å². The fourth-order valence-corrected chi connectivity index (χ4v) is 1.90. The van der Waals surface area contributed by atoms with Crippen molar-refractivity contribution in [3.63, 3.8) is 0 Å². The van der Waals surface area contributed by atoms with Crippen molar-refractivity contribution in [1.29, 1.82) is 0 Å². The first kappa shape index (κ1) is 12.0. The highest BCUT2D eigenvalue weighted by atomic mass is 79.9. The molecule has 0 saturated carbocycles. The molecule has 0 spiro atoms. The van der Waals surface area contributed by atoms with Crippen molar-refractivity contribution in [2.75, 3.05) is 5.32 Å². The third-order valence-electron chi connectivity index (χ3n) is 2.35. The van der Waals surface area contributed by atoms with Crippen LogP contribution in [0.2, 0.25) is 0 Å². The molecule has 0 radical (unpaired) electrons. The molecular formula is C12H13BrN4. The topological polar surface area (TPSA) is 50.7 Å². The molecule has 5 heteroatoms. The van der Waals surface area contributed by atoms with E-state index in [4.69, 9.17) is 0 Å². The third kappa shape index (κ3) is 3.23. The van der Waals surface area contributed by atoms with Crippen LogP contribution in [0.25, 0.3) is 0 Å². The van der Waals surface area contributed by atoms with Crippen molar-refractivity contribution in [1.82, 2.24) is 15.0 Å². The quantitative estimate of drug-likeness (QED) is 0.884. The summed E-state index contributed by atoms with van der Waals surface area (Å²) in [6.07, 6.45) is 1.77. The average molecular weight is 293 g/mol. The van der Waals surface area contributed by atoms with Crippen LogP contribution in [0.15, 0.2) is 29.0 Å². The maximum absolute atomic E-state index is 4.33. The van der Waals surface area contributed by atoms with E-state index in [9.17, 15) is 0 Å². The molecule has 2 heterocycles. The fourth-order valence-electron chi connectivity index (χ4n) is 1.51. The third-order valence-corrected chi connectivity index (χ3v) is 2.79. The molecule has 0 atom stereocenters. The van der Waals surface area contributed by atoms with Crippen LogP contribution >= 0.6 is 15.9 Å². The van der Waals surface area contributed by atoms with Gasteiger partial charge in [-0.25, -0.2) is 15.0 Å². The molecule has 0 bridgehead atoms. The van der Waals surface area contributed by atoms with Crippen LogP contribution in [0.1, 0.15) is 17.2 Å². The summed E-state index contributed by atoms with van der Waals surface area (Å²) in [6.45, 7) is 4.53. The maximum atomic E-state index is 4.33. The van der Waals surface area contributed by atoms with Crippen LogP contribution in [0.3, 0.4) is 0 Å². The molecule has 1 N–H and O–H groups in total. The number of hydrogen-bond acceptors (Lipinski definition) is 4. The molecule has 0 saturated heterocycles. The predicted molar refractivity (Wildman–Crippen MR) is 70.8 cm³/mol. The van der Waals surface area contributed by atoms with Gasteiger partial charge in [-0.3, -0.25) is 0 Å². The minimum atomic E-state index is 0.674. The Hall–Kier alpha value is -1.49. The lowest BCUT2D eigenvalue weighted by Crippen LogP contribution is -2.05. The smallest absolute Gasteiger partial charge is 0.125 e. The van der Waals surface area contributed by atoms with Crippen LogP contribution in [0, 0.1) is 13.8 Å². The summed E-state index contributed by atoms with van der Waals surface area (Å²) < 4.78 is 0.846. The molecule has 17 heavy (non-hydrogen) atoms. The fraction of sp³-hybridized carbons (Fsp3) is 0.250. The Bertz CT molecular complexity index is 528. The molecule has 0 fully saturated rings. The Balaban J connectivity index is 2.07. The Kier molecular flexibility index (Phi) is 3.68. The van der Waals surface area contributed by atoms with Gasteiger partial charge in [-0.15, -0.1) is 0 Å². The Morgan fingerprint density at radius 1 is 1.18 bits per heavy atom. The number of aromatic nitrogens is 3. The van der Waals surface area contributed by atoms with Crippen molar-refractivity contribution < 1.29 is 0 Å². The molecule has 2 aromatic rings. The highest BCUT2D eigenvalue weighted by Crippen LogP contribution is 2.16. The van der Waals surface area contributed by atoms with E-state index in [-0.39, 0.29) is 0 Å². The Morgan fingerprint density at radius 3 is 2.71 bits per heavy atom. The van der Waals surface area contributed by atoms with Gasteiger partial charge in [-0.2, -0.15) is 0 Å². The van der Waals surface area contributed by atoms with Crippen LogP contribution in [-0.4, -0.2) is 15.0 Å². The van der Waals surface area contributed by atoms with Gasteiger partial charge in [0.2, 0.25) is 0 Å². The number of rotatable bonds is 3. The van der Waals surface area contributed by atoms with Gasteiger partial charge in [-0.05, 0) is 48.0 Å². The van der Waals surface area contributed by atoms with Gasteiger partial charge in [0.25, 0.3) is 0 Å². The summed E-state index contributed by atoms with van der Waals surface area (Å²) in [5.74, 6) is 0.787. The SMILES string of the molecule is Cc1nccc(CNc2ccc(Br)nc2C)n1. The first-order valence-corrected chi connectivity index (χ1v) is 6.10. The van der Waals surface area contributed by atoms with Gasteiger partial charge in [-0.1, -0.05) is 0 Å². The van der Waals surface area contributed by atoms with Crippen molar-refractivity contribution >= 4 is 21.6 Å². The second-order valence-corrected chi connectivity index (χ2v) is 4.53. The molecule has 0 aliphatic heterocycles. The first-order valence-electron chi connectivity index (χ1n) is 5.31. The van der Waals surface area contributed by atoms with Gasteiger partial charge >= 0.3 is 0 Å². The zero-order valence-electron chi connectivity index (χ0n) is 9.74. The summed E-state index contributed by atoms with van der Waals surface area (Å²) in [4.78, 5) is 12.7. The molecule has 0 unspecified atom stereocenters. The molecular weight excluding hydrogens is 280 g/mol. The van der Waals surface area contributed by atoms with Crippen molar-refractivity contribution in [3.05, 3.63) is 46.2 Å². The molecule has 88 valence electrons. The zero-order chi connectivity index (χ0) is 12.3. The van der Waals surface area contributed by atoms with E-state index in [1.165, 1.54) is 0 Å². The highest BCUT2D eigenvalue weighted by molar-refractivity contribution is 9.10. The second kappa shape index (κ2) is 5.23. The van der Waals surface area contributed by atoms with E-state index in [0.717, 1.165) is 27.5 Å². The van der Waals surface area contributed by atoms with Gasteiger partial charge in [0.05, 0.1) is 23.6 Å². The molecule has 0 amide bonds. The van der Waals surface area contributed by atoms with Crippen LogP contribution in [0.5, 0.6) is 0 Å². The number of nitrogens with zero attached hydrogens (tertiary/aromatic N) is 3. The number of hydrogen-bond donors (Lipinski definition) is 1. The standard InChI is InChI=1S/C12H13BrN4/c1-8-11(3-4-12(13)16-8)15-7-10-5-6-14-9(2)17-10/h3-6,15H,7H2,1-2H3. The maximum Gasteiger partial charge on any atom is 0.125 e. The van der Waals surface area contributed by atoms with Crippen LogP contribution < -0.4 is 5.32 Å². The summed E-state index contributed by atoms with van der Waals surface area (Å²) in [5.41, 5.74) is 2.95. The molecule has 0 aliphatic carbocycles. The van der Waals surface area contributed by atoms with Gasteiger partial charge in [0, 0.05) is 6.20 Å². The van der Waals surface area contributed by atoms with Crippen LogP contribution in [-0.2, 0) is 6.54 Å². The number of nitrogens with one attached hydrogen (secondary N) is 1. The van der Waals surface area contributed by atoms with Crippen molar-refractivity contribution in [3.8, 4) is 0 Å². The van der Waals surface area contributed by atoms with Gasteiger partial charge in [0.15, 0.2) is 0 Å². The van der Waals surface area contributed by atoms with E-state index in [0.29, 0.717) is 6.54 Å². The zero-order valence-corrected chi connectivity index (χ0v) is 11.3. The minimum Gasteiger partial charge on any atom is -0.378 e. The lowest BCUT2D eigenvalue weighted by atomic mass is 10.3. The van der Waals surface area contributed by atoms with Crippen molar-refractivity contribution in [2.45, 2.75) is 20.4 Å². The molecule has 2 rings (SSSR count). The summed E-state index contributed by atoms with van der Waals surface area (Å²) in [5, 5.41) is 3.31. The Labute approximate surface area is 109 Å². The second-order valence-electron chi connectivity index (χ2n) is 3.72. The van der Waals surface area contributed by atoms with E-state index >= 15 is 0 Å². The van der Waals surface area contributed by atoms with E-state index in [1.807, 2.05) is 32.0 Å². The molecule has 0 aromatic carbocycles. The summed E-state index contributed by atoms with van der Waals surface area (Å²) in [6, 6.07) is 5.82. The lowest BCUT2D eigenvalue weighted by molar-refractivity contribution is 0.951. The number of anilines is 1. The first-order chi connectivity index (χ1) is 8.15. The summed E-state index contributed by atoms with van der Waals surface area (Å²) in [7, 11) is 0. The van der Waals surface area contributed by atoms with E-state index < -0.39 is 0 Å². The minimum absolute atomic E-state index is 0.674.